The van der Waals surface area contributed by atoms with Gasteiger partial charge in [0.15, 0.2) is 11.6 Å². The molecule has 0 aliphatic carbocycles. The van der Waals surface area contributed by atoms with E-state index >= 15 is 0 Å². The molecule has 0 saturated carbocycles. The number of hydrogen-bond donors (Lipinski definition) is 1. The van der Waals surface area contributed by atoms with Gasteiger partial charge in [-0.15, -0.1) is 0 Å². The molecule has 4 aromatic rings. The van der Waals surface area contributed by atoms with Gasteiger partial charge < -0.3 is 9.52 Å². The highest BCUT2D eigenvalue weighted by atomic mass is 16.3. The predicted octanol–water partition coefficient (Wildman–Crippen LogP) is 4.26. The van der Waals surface area contributed by atoms with Crippen LogP contribution in [0.5, 0.6) is 5.75 Å². The molecule has 0 atom stereocenters. The molecule has 0 bridgehead atoms. The zero-order chi connectivity index (χ0) is 14.9. The molecule has 2 aromatic heterocycles. The van der Waals surface area contributed by atoms with Crippen molar-refractivity contribution in [2.45, 2.75) is 0 Å². The van der Waals surface area contributed by atoms with E-state index in [9.17, 15) is 5.11 Å². The van der Waals surface area contributed by atoms with Gasteiger partial charge in [0, 0.05) is 16.5 Å². The SMILES string of the molecule is Oc1cnc(-c2cccc(-c3cc4ccccc4o3)c2)nc1. The highest BCUT2D eigenvalue weighted by Gasteiger charge is 2.08. The molecule has 1 N–H and O–H groups in total. The van der Waals surface area contributed by atoms with Gasteiger partial charge in [0.2, 0.25) is 0 Å². The van der Waals surface area contributed by atoms with Crippen molar-refractivity contribution in [3.05, 3.63) is 67.0 Å². The molecule has 4 heteroatoms. The summed E-state index contributed by atoms with van der Waals surface area (Å²) in [6.07, 6.45) is 2.77. The summed E-state index contributed by atoms with van der Waals surface area (Å²) in [4.78, 5) is 8.27. The molecule has 0 aliphatic heterocycles. The lowest BCUT2D eigenvalue weighted by molar-refractivity contribution is 0.470. The summed E-state index contributed by atoms with van der Waals surface area (Å²) in [5, 5.41) is 10.3. The average Bonchev–Trinajstić information content (AvgIpc) is 3.00. The molecule has 0 radical (unpaired) electrons. The quantitative estimate of drug-likeness (QED) is 0.598. The highest BCUT2D eigenvalue weighted by Crippen LogP contribution is 2.29. The maximum absolute atomic E-state index is 9.28. The van der Waals surface area contributed by atoms with Gasteiger partial charge >= 0.3 is 0 Å². The number of para-hydroxylation sites is 1. The molecule has 2 heterocycles. The number of fused-ring (bicyclic) bond motifs is 1. The highest BCUT2D eigenvalue weighted by molar-refractivity contribution is 5.83. The van der Waals surface area contributed by atoms with Gasteiger partial charge in [-0.3, -0.25) is 0 Å². The van der Waals surface area contributed by atoms with E-state index in [0.29, 0.717) is 5.82 Å². The first-order chi connectivity index (χ1) is 10.8. The third-order valence-corrected chi connectivity index (χ3v) is 3.47. The topological polar surface area (TPSA) is 59.2 Å². The van der Waals surface area contributed by atoms with Crippen LogP contribution in [-0.4, -0.2) is 15.1 Å². The van der Waals surface area contributed by atoms with E-state index in [0.717, 1.165) is 27.9 Å². The second-order valence-electron chi connectivity index (χ2n) is 4.99. The molecule has 22 heavy (non-hydrogen) atoms. The van der Waals surface area contributed by atoms with Gasteiger partial charge in [0.1, 0.15) is 11.3 Å². The zero-order valence-corrected chi connectivity index (χ0v) is 11.6. The monoisotopic (exact) mass is 288 g/mol. The lowest BCUT2D eigenvalue weighted by atomic mass is 10.1. The van der Waals surface area contributed by atoms with Crippen LogP contribution in [0.4, 0.5) is 0 Å². The van der Waals surface area contributed by atoms with E-state index < -0.39 is 0 Å². The third-order valence-electron chi connectivity index (χ3n) is 3.47. The molecule has 4 rings (SSSR count). The van der Waals surface area contributed by atoms with Crippen molar-refractivity contribution >= 4 is 11.0 Å². The smallest absolute Gasteiger partial charge is 0.159 e. The standard InChI is InChI=1S/C18H12N2O2/c21-15-10-19-18(20-11-15)14-6-3-5-12(8-14)17-9-13-4-1-2-7-16(13)22-17/h1-11,21H. The van der Waals surface area contributed by atoms with E-state index in [2.05, 4.69) is 9.97 Å². The molecule has 0 unspecified atom stereocenters. The Hall–Kier alpha value is -3.14. The first-order valence-corrected chi connectivity index (χ1v) is 6.90. The first-order valence-electron chi connectivity index (χ1n) is 6.90. The van der Waals surface area contributed by atoms with Gasteiger partial charge in [0.25, 0.3) is 0 Å². The minimum Gasteiger partial charge on any atom is -0.505 e. The molecule has 4 nitrogen and oxygen atoms in total. The summed E-state index contributed by atoms with van der Waals surface area (Å²) in [6, 6.07) is 17.8. The van der Waals surface area contributed by atoms with E-state index in [1.807, 2.05) is 54.6 Å². The molecule has 0 fully saturated rings. The zero-order valence-electron chi connectivity index (χ0n) is 11.6. The second-order valence-corrected chi connectivity index (χ2v) is 4.99. The van der Waals surface area contributed by atoms with Crippen molar-refractivity contribution in [1.29, 1.82) is 0 Å². The lowest BCUT2D eigenvalue weighted by Crippen LogP contribution is -1.87. The fraction of sp³-hybridized carbons (Fsp3) is 0. The van der Waals surface area contributed by atoms with Crippen LogP contribution in [0.15, 0.2) is 71.4 Å². The van der Waals surface area contributed by atoms with Gasteiger partial charge in [-0.1, -0.05) is 36.4 Å². The molecule has 0 spiro atoms. The molecule has 0 saturated heterocycles. The summed E-state index contributed by atoms with van der Waals surface area (Å²) in [7, 11) is 0. The van der Waals surface area contributed by atoms with Crippen molar-refractivity contribution in [3.8, 4) is 28.5 Å². The maximum Gasteiger partial charge on any atom is 0.159 e. The fourth-order valence-corrected chi connectivity index (χ4v) is 2.41. The Labute approximate surface area is 126 Å². The van der Waals surface area contributed by atoms with Crippen LogP contribution in [0.3, 0.4) is 0 Å². The van der Waals surface area contributed by atoms with Crippen LogP contribution >= 0.6 is 0 Å². The number of benzene rings is 2. The summed E-state index contributed by atoms with van der Waals surface area (Å²) < 4.78 is 5.88. The van der Waals surface area contributed by atoms with Crippen LogP contribution in [0.1, 0.15) is 0 Å². The number of furan rings is 1. The Kier molecular flexibility index (Phi) is 2.86. The van der Waals surface area contributed by atoms with E-state index in [4.69, 9.17) is 4.42 Å². The normalized spacial score (nSPS) is 10.9. The summed E-state index contributed by atoms with van der Waals surface area (Å²) in [6.45, 7) is 0. The molecule has 106 valence electrons. The largest absolute Gasteiger partial charge is 0.505 e. The van der Waals surface area contributed by atoms with Crippen molar-refractivity contribution < 1.29 is 9.52 Å². The number of rotatable bonds is 2. The molecular weight excluding hydrogens is 276 g/mol. The number of nitrogens with zero attached hydrogens (tertiary/aromatic N) is 2. The number of hydrogen-bond acceptors (Lipinski definition) is 4. The minimum absolute atomic E-state index is 0.0530. The summed E-state index contributed by atoms with van der Waals surface area (Å²) >= 11 is 0. The lowest BCUT2D eigenvalue weighted by Gasteiger charge is -2.02. The van der Waals surface area contributed by atoms with Crippen molar-refractivity contribution in [2.75, 3.05) is 0 Å². The Bertz CT molecular complexity index is 910. The Morgan fingerprint density at radius 2 is 1.59 bits per heavy atom. The van der Waals surface area contributed by atoms with Crippen LogP contribution in [-0.2, 0) is 0 Å². The van der Waals surface area contributed by atoms with Gasteiger partial charge in [-0.25, -0.2) is 9.97 Å². The first kappa shape index (κ1) is 12.6. The van der Waals surface area contributed by atoms with E-state index in [1.54, 1.807) is 0 Å². The van der Waals surface area contributed by atoms with Gasteiger partial charge in [0.05, 0.1) is 12.4 Å². The molecule has 0 aliphatic rings. The van der Waals surface area contributed by atoms with Crippen molar-refractivity contribution in [1.82, 2.24) is 9.97 Å². The minimum atomic E-state index is 0.0530. The van der Waals surface area contributed by atoms with E-state index in [-0.39, 0.29) is 5.75 Å². The summed E-state index contributed by atoms with van der Waals surface area (Å²) in [5.41, 5.74) is 2.70. The molecule has 0 amide bonds. The van der Waals surface area contributed by atoms with Gasteiger partial charge in [-0.05, 0) is 18.2 Å². The Morgan fingerprint density at radius 3 is 2.41 bits per heavy atom. The predicted molar refractivity (Wildman–Crippen MR) is 84.3 cm³/mol. The van der Waals surface area contributed by atoms with Gasteiger partial charge in [-0.2, -0.15) is 0 Å². The van der Waals surface area contributed by atoms with Crippen molar-refractivity contribution in [2.24, 2.45) is 0 Å². The maximum atomic E-state index is 9.28. The van der Waals surface area contributed by atoms with Crippen LogP contribution in [0.2, 0.25) is 0 Å². The van der Waals surface area contributed by atoms with Crippen LogP contribution in [0, 0.1) is 0 Å². The van der Waals surface area contributed by atoms with E-state index in [1.165, 1.54) is 12.4 Å². The molecule has 2 aromatic carbocycles. The Morgan fingerprint density at radius 1 is 0.818 bits per heavy atom. The second kappa shape index (κ2) is 5.00. The summed E-state index contributed by atoms with van der Waals surface area (Å²) in [5.74, 6) is 1.43. The average molecular weight is 288 g/mol. The van der Waals surface area contributed by atoms with Crippen LogP contribution < -0.4 is 0 Å². The fourth-order valence-electron chi connectivity index (χ4n) is 2.41. The van der Waals surface area contributed by atoms with Crippen molar-refractivity contribution in [3.63, 3.8) is 0 Å². The number of aromatic nitrogens is 2. The Balaban J connectivity index is 1.79. The van der Waals surface area contributed by atoms with Crippen LogP contribution in [0.25, 0.3) is 33.7 Å². The molecular formula is C18H12N2O2. The number of aromatic hydroxyl groups is 1. The third kappa shape index (κ3) is 2.20.